The molecule has 0 bridgehead atoms. The number of aliphatic hydroxyl groups excluding tert-OH is 1. The highest BCUT2D eigenvalue weighted by Crippen LogP contribution is 2.17. The minimum atomic E-state index is -0.237. The molecule has 1 aromatic carbocycles. The number of amides is 1. The SMILES string of the molecule is CCC(CO)NC(=O)c1ccc2c(N)ncnc2c1. The zero-order chi connectivity index (χ0) is 13.8. The summed E-state index contributed by atoms with van der Waals surface area (Å²) >= 11 is 0. The van der Waals surface area contributed by atoms with E-state index >= 15 is 0 Å². The third-order valence-corrected chi connectivity index (χ3v) is 2.98. The Bertz CT molecular complexity index is 596. The maximum absolute atomic E-state index is 12.0. The van der Waals surface area contributed by atoms with Crippen molar-refractivity contribution in [3.63, 3.8) is 0 Å². The Kier molecular flexibility index (Phi) is 3.91. The number of hydrogen-bond donors (Lipinski definition) is 3. The van der Waals surface area contributed by atoms with Crippen LogP contribution in [0.3, 0.4) is 0 Å². The Morgan fingerprint density at radius 3 is 2.95 bits per heavy atom. The summed E-state index contributed by atoms with van der Waals surface area (Å²) in [6.07, 6.45) is 2.03. The van der Waals surface area contributed by atoms with Gasteiger partial charge in [-0.1, -0.05) is 6.92 Å². The average Bonchev–Trinajstić information content (AvgIpc) is 2.44. The number of nitrogens with one attached hydrogen (secondary N) is 1. The van der Waals surface area contributed by atoms with E-state index < -0.39 is 0 Å². The summed E-state index contributed by atoms with van der Waals surface area (Å²) in [6.45, 7) is 1.82. The highest BCUT2D eigenvalue weighted by Gasteiger charge is 2.12. The molecule has 1 unspecified atom stereocenters. The van der Waals surface area contributed by atoms with E-state index in [2.05, 4.69) is 15.3 Å². The molecule has 1 heterocycles. The Balaban J connectivity index is 2.28. The smallest absolute Gasteiger partial charge is 0.251 e. The van der Waals surface area contributed by atoms with Gasteiger partial charge in [0.1, 0.15) is 12.1 Å². The number of aliphatic hydroxyl groups is 1. The summed E-state index contributed by atoms with van der Waals surface area (Å²) in [7, 11) is 0. The van der Waals surface area contributed by atoms with E-state index in [9.17, 15) is 4.79 Å². The topological polar surface area (TPSA) is 101 Å². The summed E-state index contributed by atoms with van der Waals surface area (Å²) in [4.78, 5) is 20.0. The monoisotopic (exact) mass is 260 g/mol. The van der Waals surface area contributed by atoms with Gasteiger partial charge in [-0.2, -0.15) is 0 Å². The van der Waals surface area contributed by atoms with E-state index in [1.807, 2.05) is 6.92 Å². The number of nitrogens with zero attached hydrogens (tertiary/aromatic N) is 2. The normalized spacial score (nSPS) is 12.3. The van der Waals surface area contributed by atoms with Crippen LogP contribution in [0.2, 0.25) is 0 Å². The number of fused-ring (bicyclic) bond motifs is 1. The predicted molar refractivity (Wildman–Crippen MR) is 72.6 cm³/mol. The van der Waals surface area contributed by atoms with Gasteiger partial charge in [0.05, 0.1) is 18.2 Å². The molecular weight excluding hydrogens is 244 g/mol. The molecule has 6 nitrogen and oxygen atoms in total. The summed E-state index contributed by atoms with van der Waals surface area (Å²) in [5.41, 5.74) is 6.83. The van der Waals surface area contributed by atoms with Crippen LogP contribution in [0.4, 0.5) is 5.82 Å². The molecule has 0 saturated carbocycles. The second-order valence-electron chi connectivity index (χ2n) is 4.25. The Morgan fingerprint density at radius 1 is 1.47 bits per heavy atom. The second-order valence-corrected chi connectivity index (χ2v) is 4.25. The molecule has 1 atom stereocenters. The predicted octanol–water partition coefficient (Wildman–Crippen LogP) is 0.713. The summed E-state index contributed by atoms with van der Waals surface area (Å²) in [5.74, 6) is 0.152. The van der Waals surface area contributed by atoms with Crippen molar-refractivity contribution >= 4 is 22.6 Å². The number of anilines is 1. The molecule has 1 amide bonds. The maximum Gasteiger partial charge on any atom is 0.251 e. The number of carbonyl (C=O) groups excluding carboxylic acids is 1. The van der Waals surface area contributed by atoms with E-state index in [4.69, 9.17) is 10.8 Å². The zero-order valence-corrected chi connectivity index (χ0v) is 10.6. The van der Waals surface area contributed by atoms with Crippen LogP contribution in [0.15, 0.2) is 24.5 Å². The number of benzene rings is 1. The molecule has 0 aliphatic heterocycles. The summed E-state index contributed by atoms with van der Waals surface area (Å²) < 4.78 is 0. The third-order valence-electron chi connectivity index (χ3n) is 2.98. The fraction of sp³-hybridized carbons (Fsp3) is 0.308. The molecule has 4 N–H and O–H groups in total. The van der Waals surface area contributed by atoms with Crippen molar-refractivity contribution in [2.45, 2.75) is 19.4 Å². The van der Waals surface area contributed by atoms with E-state index in [0.717, 1.165) is 0 Å². The molecule has 19 heavy (non-hydrogen) atoms. The number of carbonyl (C=O) groups is 1. The quantitative estimate of drug-likeness (QED) is 0.751. The van der Waals surface area contributed by atoms with Crippen molar-refractivity contribution in [1.29, 1.82) is 0 Å². The Morgan fingerprint density at radius 2 is 2.26 bits per heavy atom. The van der Waals surface area contributed by atoms with Gasteiger partial charge in [0.2, 0.25) is 0 Å². The lowest BCUT2D eigenvalue weighted by atomic mass is 10.1. The van der Waals surface area contributed by atoms with Crippen molar-refractivity contribution < 1.29 is 9.90 Å². The van der Waals surface area contributed by atoms with Crippen molar-refractivity contribution in [2.24, 2.45) is 0 Å². The van der Waals surface area contributed by atoms with Gasteiger partial charge < -0.3 is 16.2 Å². The first kappa shape index (κ1) is 13.2. The van der Waals surface area contributed by atoms with Crippen LogP contribution >= 0.6 is 0 Å². The van der Waals surface area contributed by atoms with Crippen LogP contribution in [-0.2, 0) is 0 Å². The fourth-order valence-corrected chi connectivity index (χ4v) is 1.76. The van der Waals surface area contributed by atoms with Crippen LogP contribution in [0.1, 0.15) is 23.7 Å². The molecule has 1 aromatic heterocycles. The highest BCUT2D eigenvalue weighted by molar-refractivity contribution is 5.99. The maximum atomic E-state index is 12.0. The van der Waals surface area contributed by atoms with Crippen LogP contribution in [-0.4, -0.2) is 33.6 Å². The van der Waals surface area contributed by atoms with Crippen molar-refractivity contribution in [3.05, 3.63) is 30.1 Å². The van der Waals surface area contributed by atoms with Crippen molar-refractivity contribution in [3.8, 4) is 0 Å². The molecule has 0 aliphatic carbocycles. The number of hydrogen-bond acceptors (Lipinski definition) is 5. The van der Waals surface area contributed by atoms with E-state index in [0.29, 0.717) is 28.7 Å². The van der Waals surface area contributed by atoms with Crippen LogP contribution in [0, 0.1) is 0 Å². The lowest BCUT2D eigenvalue weighted by Gasteiger charge is -2.14. The Labute approximate surface area is 110 Å². The molecule has 0 aliphatic rings. The lowest BCUT2D eigenvalue weighted by molar-refractivity contribution is 0.0915. The van der Waals surface area contributed by atoms with Gasteiger partial charge >= 0.3 is 0 Å². The van der Waals surface area contributed by atoms with E-state index in [-0.39, 0.29) is 18.6 Å². The fourth-order valence-electron chi connectivity index (χ4n) is 1.76. The molecule has 2 rings (SSSR count). The van der Waals surface area contributed by atoms with Gasteiger partial charge in [0.15, 0.2) is 0 Å². The average molecular weight is 260 g/mol. The van der Waals surface area contributed by atoms with Gasteiger partial charge in [-0.25, -0.2) is 9.97 Å². The minimum Gasteiger partial charge on any atom is -0.394 e. The molecular formula is C13H16N4O2. The van der Waals surface area contributed by atoms with E-state index in [1.54, 1.807) is 18.2 Å². The zero-order valence-electron chi connectivity index (χ0n) is 10.6. The van der Waals surface area contributed by atoms with Gasteiger partial charge in [-0.3, -0.25) is 4.79 Å². The molecule has 0 fully saturated rings. The molecule has 6 heteroatoms. The van der Waals surface area contributed by atoms with Crippen molar-refractivity contribution in [2.75, 3.05) is 12.3 Å². The van der Waals surface area contributed by atoms with Crippen LogP contribution in [0.25, 0.3) is 10.9 Å². The Hall–Kier alpha value is -2.21. The molecule has 100 valence electrons. The third kappa shape index (κ3) is 2.79. The largest absolute Gasteiger partial charge is 0.394 e. The first-order valence-corrected chi connectivity index (χ1v) is 6.07. The van der Waals surface area contributed by atoms with Crippen molar-refractivity contribution in [1.82, 2.24) is 15.3 Å². The standard InChI is InChI=1S/C13H16N4O2/c1-2-9(6-18)17-13(19)8-3-4-10-11(5-8)15-7-16-12(10)14/h3-5,7,9,18H,2,6H2,1H3,(H,17,19)(H2,14,15,16). The second kappa shape index (κ2) is 5.62. The summed E-state index contributed by atoms with van der Waals surface area (Å²) in [6, 6.07) is 4.81. The van der Waals surface area contributed by atoms with Crippen LogP contribution < -0.4 is 11.1 Å². The molecule has 0 radical (unpaired) electrons. The van der Waals surface area contributed by atoms with Crippen LogP contribution in [0.5, 0.6) is 0 Å². The van der Waals surface area contributed by atoms with Gasteiger partial charge in [0.25, 0.3) is 5.91 Å². The summed E-state index contributed by atoms with van der Waals surface area (Å²) in [5, 5.41) is 12.5. The van der Waals surface area contributed by atoms with Gasteiger partial charge in [-0.15, -0.1) is 0 Å². The molecule has 0 spiro atoms. The number of aromatic nitrogens is 2. The first-order chi connectivity index (χ1) is 9.15. The van der Waals surface area contributed by atoms with E-state index in [1.165, 1.54) is 6.33 Å². The number of nitrogen functional groups attached to an aromatic ring is 1. The lowest BCUT2D eigenvalue weighted by Crippen LogP contribution is -2.36. The van der Waals surface area contributed by atoms with Gasteiger partial charge in [-0.05, 0) is 24.6 Å². The number of nitrogens with two attached hydrogens (primary N) is 1. The molecule has 0 saturated heterocycles. The molecule has 2 aromatic rings. The highest BCUT2D eigenvalue weighted by atomic mass is 16.3. The minimum absolute atomic E-state index is 0.0784. The number of rotatable bonds is 4. The first-order valence-electron chi connectivity index (χ1n) is 6.07. The van der Waals surface area contributed by atoms with Gasteiger partial charge in [0, 0.05) is 10.9 Å².